The average Bonchev–Trinajstić information content (AvgIpc) is 2.85. The van der Waals surface area contributed by atoms with Crippen molar-refractivity contribution in [1.29, 1.82) is 0 Å². The van der Waals surface area contributed by atoms with Crippen LogP contribution in [0, 0.1) is 0 Å². The fourth-order valence-corrected chi connectivity index (χ4v) is 17.3. The lowest BCUT2D eigenvalue weighted by Crippen LogP contribution is -2.59. The molecule has 0 aliphatic rings. The van der Waals surface area contributed by atoms with E-state index >= 15 is 0 Å². The zero-order valence-electron chi connectivity index (χ0n) is 24.9. The van der Waals surface area contributed by atoms with Crippen LogP contribution in [0.15, 0.2) is 24.3 Å². The van der Waals surface area contributed by atoms with E-state index in [2.05, 4.69) is 0 Å². The van der Waals surface area contributed by atoms with E-state index in [9.17, 15) is 86.4 Å². The van der Waals surface area contributed by atoms with Crippen LogP contribution in [-0.2, 0) is 40.1 Å². The van der Waals surface area contributed by atoms with E-state index in [1.165, 1.54) is 50.5 Å². The van der Waals surface area contributed by atoms with Crippen LogP contribution in [0.5, 0.6) is 0 Å². The summed E-state index contributed by atoms with van der Waals surface area (Å²) >= 11 is 0. The molecular weight excluding hydrogens is 809 g/mol. The van der Waals surface area contributed by atoms with Gasteiger partial charge in [0.25, 0.3) is 0 Å². The van der Waals surface area contributed by atoms with Gasteiger partial charge in [0.05, 0.1) is 16.1 Å². The molecule has 0 aliphatic carbocycles. The molecule has 0 aromatic heterocycles. The molecule has 1 rings (SSSR count). The van der Waals surface area contributed by atoms with Crippen LogP contribution in [0.3, 0.4) is 0 Å². The molecule has 10 nitrogen and oxygen atoms in total. The Morgan fingerprint density at radius 2 is 0.688 bits per heavy atom. The van der Waals surface area contributed by atoms with Gasteiger partial charge < -0.3 is 0 Å². The lowest BCUT2D eigenvalue weighted by molar-refractivity contribution is -0.0541. The number of rotatable bonds is 14. The van der Waals surface area contributed by atoms with E-state index in [0.29, 0.717) is 10.4 Å². The van der Waals surface area contributed by atoms with Gasteiger partial charge in [0, 0.05) is 13.1 Å². The Morgan fingerprint density at radius 1 is 0.479 bits per heavy atom. The Hall–Kier alpha value is -1.47. The van der Waals surface area contributed by atoms with Crippen molar-refractivity contribution in [2.24, 2.45) is 0 Å². The molecule has 0 amide bonds. The zero-order chi connectivity index (χ0) is 38.4. The molecule has 0 saturated heterocycles. The molecule has 28 heteroatoms. The number of halogens is 12. The first-order valence-corrected chi connectivity index (χ1v) is 25.0. The van der Waals surface area contributed by atoms with Gasteiger partial charge in [-0.1, -0.05) is 80.3 Å². The predicted octanol–water partition coefficient (Wildman–Crippen LogP) is 4.30. The number of alkyl halides is 12. The summed E-state index contributed by atoms with van der Waals surface area (Å²) < 4.78 is 248. The molecule has 0 atom stereocenters. The van der Waals surface area contributed by atoms with Crippen molar-refractivity contribution in [3.63, 3.8) is 0 Å². The SMILES string of the molecule is C[Si](C)(CCCN(S(=O)(=O)C(F)(F)F)S(=O)(=O)C(F)(F)F)c1ccccc1[Si](C)(C)CCCN(S(=O)(=O)C(F)(F)F)S(=O)(=O)C(F)(F)F. The second kappa shape index (κ2) is 13.9. The number of nitrogens with zero attached hydrogens (tertiary/aromatic N) is 2. The van der Waals surface area contributed by atoms with Gasteiger partial charge in [0.15, 0.2) is 0 Å². The second-order valence-electron chi connectivity index (χ2n) is 11.3. The number of hydrogen-bond acceptors (Lipinski definition) is 8. The Labute approximate surface area is 270 Å². The average molecular weight is 837 g/mol. The normalized spacial score (nSPS) is 15.4. The standard InChI is InChI=1S/C20H28F12N2O8S4Si2/c1-47(2,13-7-11-33(43(35,36)17(21,22)23)44(37,38)18(24,25)26)15-9-5-6-10-16(15)48(3,4)14-8-12-34(45(39,40)19(27,28)29)46(41,42)20(30,31)32/h5-6,9-10H,7-8,11-14H2,1-4H3. The van der Waals surface area contributed by atoms with E-state index in [1.54, 1.807) is 0 Å². The van der Waals surface area contributed by atoms with Crippen molar-refractivity contribution in [3.8, 4) is 0 Å². The highest BCUT2D eigenvalue weighted by molar-refractivity contribution is 8.05. The van der Waals surface area contributed by atoms with E-state index < -0.39 is 112 Å². The number of sulfonamides is 4. The Balaban J connectivity index is 3.43. The van der Waals surface area contributed by atoms with Crippen molar-refractivity contribution < 1.29 is 86.4 Å². The van der Waals surface area contributed by atoms with Crippen molar-refractivity contribution in [3.05, 3.63) is 24.3 Å². The van der Waals surface area contributed by atoms with Crippen molar-refractivity contribution in [1.82, 2.24) is 7.42 Å². The van der Waals surface area contributed by atoms with Crippen LogP contribution < -0.4 is 10.4 Å². The van der Waals surface area contributed by atoms with Crippen LogP contribution in [0.2, 0.25) is 38.3 Å². The van der Waals surface area contributed by atoms with Crippen molar-refractivity contribution in [2.45, 2.75) is 73.2 Å². The summed E-state index contributed by atoms with van der Waals surface area (Å²) in [6, 6.07) is 5.07. The molecule has 0 bridgehead atoms. The minimum absolute atomic E-state index is 0.340. The van der Waals surface area contributed by atoms with Gasteiger partial charge in [-0.2, -0.15) is 52.7 Å². The van der Waals surface area contributed by atoms with Gasteiger partial charge in [-0.3, -0.25) is 0 Å². The molecule has 0 unspecified atom stereocenters. The van der Waals surface area contributed by atoms with Gasteiger partial charge in [-0.15, -0.1) is 0 Å². The summed E-state index contributed by atoms with van der Waals surface area (Å²) in [4.78, 5) is 0. The van der Waals surface area contributed by atoms with Gasteiger partial charge in [-0.05, 0) is 12.8 Å². The first-order chi connectivity index (χ1) is 20.9. The summed E-state index contributed by atoms with van der Waals surface area (Å²) in [7, 11) is -34.4. The van der Waals surface area contributed by atoms with E-state index in [4.69, 9.17) is 0 Å². The summed E-state index contributed by atoms with van der Waals surface area (Å²) in [6.45, 7) is 2.49. The predicted molar refractivity (Wildman–Crippen MR) is 153 cm³/mol. The highest BCUT2D eigenvalue weighted by atomic mass is 32.3. The van der Waals surface area contributed by atoms with Crippen molar-refractivity contribution in [2.75, 3.05) is 13.1 Å². The van der Waals surface area contributed by atoms with Gasteiger partial charge in [0.1, 0.15) is 0 Å². The van der Waals surface area contributed by atoms with Crippen LogP contribution in [0.1, 0.15) is 12.8 Å². The largest absolute Gasteiger partial charge is 0.512 e. The summed E-state index contributed by atoms with van der Waals surface area (Å²) in [6.07, 6.45) is -1.69. The fourth-order valence-electron chi connectivity index (χ4n) is 4.43. The Bertz CT molecular complexity index is 1540. The van der Waals surface area contributed by atoms with Crippen LogP contribution >= 0.6 is 0 Å². The molecule has 282 valence electrons. The van der Waals surface area contributed by atoms with Crippen LogP contribution in [0.25, 0.3) is 0 Å². The number of hydrogen-bond donors (Lipinski definition) is 0. The summed E-state index contributed by atoms with van der Waals surface area (Å²) in [5.41, 5.74) is -25.7. The molecule has 0 radical (unpaired) electrons. The summed E-state index contributed by atoms with van der Waals surface area (Å²) in [5.74, 6) is 0. The van der Waals surface area contributed by atoms with Gasteiger partial charge in [-0.25, -0.2) is 33.7 Å². The maximum Gasteiger partial charge on any atom is 0.512 e. The van der Waals surface area contributed by atoms with E-state index in [1.807, 2.05) is 0 Å². The third-order valence-electron chi connectivity index (χ3n) is 6.91. The van der Waals surface area contributed by atoms with Crippen molar-refractivity contribution >= 4 is 66.6 Å². The minimum Gasteiger partial charge on any atom is -0.202 e. The smallest absolute Gasteiger partial charge is 0.202 e. The Morgan fingerprint density at radius 3 is 0.875 bits per heavy atom. The molecule has 0 heterocycles. The summed E-state index contributed by atoms with van der Waals surface area (Å²) in [5, 5.41) is 0.793. The first kappa shape index (κ1) is 44.6. The molecule has 0 fully saturated rings. The molecule has 0 N–H and O–H groups in total. The highest BCUT2D eigenvalue weighted by Crippen LogP contribution is 2.37. The first-order valence-electron chi connectivity index (χ1n) is 12.8. The quantitative estimate of drug-likeness (QED) is 0.200. The molecule has 1 aromatic rings. The number of benzene rings is 1. The maximum absolute atomic E-state index is 13.1. The van der Waals surface area contributed by atoms with Gasteiger partial charge >= 0.3 is 62.1 Å². The second-order valence-corrected chi connectivity index (χ2v) is 28.8. The Kier molecular flexibility index (Phi) is 12.9. The van der Waals surface area contributed by atoms with E-state index in [0.717, 1.165) is 0 Å². The lowest BCUT2D eigenvalue weighted by atomic mass is 10.4. The third-order valence-corrected chi connectivity index (χ3v) is 21.7. The monoisotopic (exact) mass is 836 g/mol. The fraction of sp³-hybridized carbons (Fsp3) is 0.700. The zero-order valence-corrected chi connectivity index (χ0v) is 30.1. The van der Waals surface area contributed by atoms with Gasteiger partial charge in [0.2, 0.25) is 0 Å². The molecule has 1 aromatic carbocycles. The third kappa shape index (κ3) is 9.25. The van der Waals surface area contributed by atoms with Crippen LogP contribution in [-0.4, -0.2) is 92.4 Å². The molecule has 0 saturated carbocycles. The van der Waals surface area contributed by atoms with Crippen LogP contribution in [0.4, 0.5) is 52.7 Å². The topological polar surface area (TPSA) is 143 Å². The molecule has 48 heavy (non-hydrogen) atoms. The minimum atomic E-state index is -7.03. The highest BCUT2D eigenvalue weighted by Gasteiger charge is 2.62. The molecule has 0 aliphatic heterocycles. The maximum atomic E-state index is 13.1. The molecular formula is C20H28F12N2O8S4Si2. The lowest BCUT2D eigenvalue weighted by Gasteiger charge is -2.33. The molecule has 0 spiro atoms. The van der Waals surface area contributed by atoms with E-state index in [-0.39, 0.29) is 12.1 Å².